The van der Waals surface area contributed by atoms with E-state index >= 15 is 0 Å². The zero-order valence-corrected chi connectivity index (χ0v) is 11.2. The van der Waals surface area contributed by atoms with Crippen molar-refractivity contribution in [2.75, 3.05) is 0 Å². The van der Waals surface area contributed by atoms with Crippen LogP contribution < -0.4 is 4.72 Å². The van der Waals surface area contributed by atoms with E-state index in [2.05, 4.69) is 4.72 Å². The summed E-state index contributed by atoms with van der Waals surface area (Å²) >= 11 is 0. The molecular formula is C13H18FNO2S. The average Bonchev–Trinajstić information content (AvgIpc) is 2.32. The number of rotatable bonds is 3. The molecule has 0 aliphatic heterocycles. The van der Waals surface area contributed by atoms with Gasteiger partial charge in [0.1, 0.15) is 6.17 Å². The molecule has 0 spiro atoms. The van der Waals surface area contributed by atoms with Crippen LogP contribution in [0.4, 0.5) is 4.39 Å². The lowest BCUT2D eigenvalue weighted by Crippen LogP contribution is -2.43. The summed E-state index contributed by atoms with van der Waals surface area (Å²) in [5.74, 6) is 0. The molecule has 1 aromatic carbocycles. The van der Waals surface area contributed by atoms with Gasteiger partial charge in [-0.25, -0.2) is 17.5 Å². The number of nitrogens with one attached hydrogen (secondary N) is 1. The van der Waals surface area contributed by atoms with Gasteiger partial charge >= 0.3 is 0 Å². The predicted octanol–water partition coefficient (Wildman–Crippen LogP) is 2.55. The lowest BCUT2D eigenvalue weighted by molar-refractivity contribution is 0.206. The van der Waals surface area contributed by atoms with Gasteiger partial charge in [-0.3, -0.25) is 0 Å². The smallest absolute Gasteiger partial charge is 0.240 e. The van der Waals surface area contributed by atoms with Gasteiger partial charge in [-0.1, -0.05) is 30.5 Å². The maximum atomic E-state index is 13.6. The molecule has 1 N–H and O–H groups in total. The molecule has 0 aromatic heterocycles. The predicted molar refractivity (Wildman–Crippen MR) is 68.7 cm³/mol. The third-order valence-corrected chi connectivity index (χ3v) is 4.83. The molecule has 5 heteroatoms. The Kier molecular flexibility index (Phi) is 4.02. The normalized spacial score (nSPS) is 25.0. The van der Waals surface area contributed by atoms with Crippen molar-refractivity contribution in [3.63, 3.8) is 0 Å². The minimum Gasteiger partial charge on any atom is -0.246 e. The molecule has 0 amide bonds. The van der Waals surface area contributed by atoms with E-state index in [0.29, 0.717) is 12.8 Å². The highest BCUT2D eigenvalue weighted by Gasteiger charge is 2.29. The minimum atomic E-state index is -3.60. The third-order valence-electron chi connectivity index (χ3n) is 3.32. The number of alkyl halides is 1. The van der Waals surface area contributed by atoms with Gasteiger partial charge in [-0.2, -0.15) is 0 Å². The molecule has 18 heavy (non-hydrogen) atoms. The van der Waals surface area contributed by atoms with E-state index in [1.807, 2.05) is 6.92 Å². The van der Waals surface area contributed by atoms with Crippen LogP contribution >= 0.6 is 0 Å². The molecule has 100 valence electrons. The highest BCUT2D eigenvalue weighted by molar-refractivity contribution is 7.89. The maximum Gasteiger partial charge on any atom is 0.240 e. The van der Waals surface area contributed by atoms with Crippen molar-refractivity contribution < 1.29 is 12.8 Å². The number of aryl methyl sites for hydroxylation is 1. The Balaban J connectivity index is 2.13. The Morgan fingerprint density at radius 1 is 1.17 bits per heavy atom. The molecule has 1 aliphatic carbocycles. The quantitative estimate of drug-likeness (QED) is 0.918. The Hall–Kier alpha value is -0.940. The first-order valence-corrected chi connectivity index (χ1v) is 7.70. The molecule has 0 heterocycles. The lowest BCUT2D eigenvalue weighted by atomic mass is 9.95. The zero-order valence-electron chi connectivity index (χ0n) is 10.4. The van der Waals surface area contributed by atoms with Crippen molar-refractivity contribution >= 4 is 10.0 Å². The minimum absolute atomic E-state index is 0.200. The molecule has 1 aliphatic rings. The molecule has 0 bridgehead atoms. The molecule has 2 atom stereocenters. The molecule has 1 fully saturated rings. The molecule has 1 saturated carbocycles. The summed E-state index contributed by atoms with van der Waals surface area (Å²) in [5, 5.41) is 0. The summed E-state index contributed by atoms with van der Waals surface area (Å²) in [7, 11) is -3.60. The average molecular weight is 271 g/mol. The molecule has 0 unspecified atom stereocenters. The van der Waals surface area contributed by atoms with Crippen molar-refractivity contribution in [1.29, 1.82) is 0 Å². The van der Waals surface area contributed by atoms with Crippen molar-refractivity contribution in [3.8, 4) is 0 Å². The fourth-order valence-corrected chi connectivity index (χ4v) is 3.50. The summed E-state index contributed by atoms with van der Waals surface area (Å²) in [6.07, 6.45) is 1.66. The first-order valence-electron chi connectivity index (χ1n) is 6.22. The molecule has 3 nitrogen and oxygen atoms in total. The van der Waals surface area contributed by atoms with Crippen LogP contribution in [0.2, 0.25) is 0 Å². The lowest BCUT2D eigenvalue weighted by Gasteiger charge is -2.26. The highest BCUT2D eigenvalue weighted by Crippen LogP contribution is 2.23. The number of halogens is 1. The molecule has 0 radical (unpaired) electrons. The van der Waals surface area contributed by atoms with Gasteiger partial charge in [0.05, 0.1) is 10.9 Å². The molecule has 0 saturated heterocycles. The van der Waals surface area contributed by atoms with Gasteiger partial charge in [0.15, 0.2) is 0 Å². The standard InChI is InChI=1S/C13H18FNO2S/c1-10-6-8-11(9-7-10)18(16,17)15-13-5-3-2-4-12(13)14/h6-9,12-13,15H,2-5H2,1H3/t12-,13-/m0/s1. The summed E-state index contributed by atoms with van der Waals surface area (Å²) in [6.45, 7) is 1.89. The van der Waals surface area contributed by atoms with Gasteiger partial charge in [0.25, 0.3) is 0 Å². The monoisotopic (exact) mass is 271 g/mol. The first-order chi connectivity index (χ1) is 8.49. The van der Waals surface area contributed by atoms with E-state index in [-0.39, 0.29) is 4.90 Å². The van der Waals surface area contributed by atoms with Crippen LogP contribution in [-0.2, 0) is 10.0 Å². The second-order valence-electron chi connectivity index (χ2n) is 4.84. The Morgan fingerprint density at radius 2 is 1.78 bits per heavy atom. The zero-order chi connectivity index (χ0) is 13.2. The maximum absolute atomic E-state index is 13.6. The van der Waals surface area contributed by atoms with E-state index in [1.54, 1.807) is 24.3 Å². The number of hydrogen-bond acceptors (Lipinski definition) is 2. The Labute approximate surface area is 107 Å². The van der Waals surface area contributed by atoms with Gasteiger partial charge < -0.3 is 0 Å². The largest absolute Gasteiger partial charge is 0.246 e. The third kappa shape index (κ3) is 3.09. The second-order valence-corrected chi connectivity index (χ2v) is 6.56. The molecule has 1 aromatic rings. The van der Waals surface area contributed by atoms with Crippen LogP contribution in [-0.4, -0.2) is 20.6 Å². The van der Waals surface area contributed by atoms with E-state index in [9.17, 15) is 12.8 Å². The van der Waals surface area contributed by atoms with E-state index in [4.69, 9.17) is 0 Å². The van der Waals surface area contributed by atoms with Gasteiger partial charge in [0.2, 0.25) is 10.0 Å². The van der Waals surface area contributed by atoms with Crippen LogP contribution in [0.15, 0.2) is 29.2 Å². The Bertz CT molecular complexity index is 498. The summed E-state index contributed by atoms with van der Waals surface area (Å²) in [5.41, 5.74) is 0.995. The van der Waals surface area contributed by atoms with E-state index in [0.717, 1.165) is 18.4 Å². The van der Waals surface area contributed by atoms with Crippen LogP contribution in [0.5, 0.6) is 0 Å². The summed E-state index contributed by atoms with van der Waals surface area (Å²) in [6, 6.07) is 6.00. The van der Waals surface area contributed by atoms with Gasteiger partial charge in [-0.05, 0) is 31.9 Å². The highest BCUT2D eigenvalue weighted by atomic mass is 32.2. The molecule has 2 rings (SSSR count). The van der Waals surface area contributed by atoms with Crippen LogP contribution in [0.1, 0.15) is 31.2 Å². The summed E-state index contributed by atoms with van der Waals surface area (Å²) in [4.78, 5) is 0.200. The van der Waals surface area contributed by atoms with Crippen LogP contribution in [0, 0.1) is 6.92 Å². The fraction of sp³-hybridized carbons (Fsp3) is 0.538. The van der Waals surface area contributed by atoms with E-state index in [1.165, 1.54) is 0 Å². The van der Waals surface area contributed by atoms with Crippen molar-refractivity contribution in [3.05, 3.63) is 29.8 Å². The van der Waals surface area contributed by atoms with Gasteiger partial charge in [0, 0.05) is 0 Å². The van der Waals surface area contributed by atoms with Gasteiger partial charge in [-0.15, -0.1) is 0 Å². The van der Waals surface area contributed by atoms with Crippen molar-refractivity contribution in [2.24, 2.45) is 0 Å². The molecular weight excluding hydrogens is 253 g/mol. The summed E-state index contributed by atoms with van der Waals surface area (Å²) < 4.78 is 40.3. The Morgan fingerprint density at radius 3 is 2.39 bits per heavy atom. The second kappa shape index (κ2) is 5.36. The van der Waals surface area contributed by atoms with Crippen molar-refractivity contribution in [2.45, 2.75) is 49.7 Å². The van der Waals surface area contributed by atoms with Crippen LogP contribution in [0.25, 0.3) is 0 Å². The van der Waals surface area contributed by atoms with Crippen molar-refractivity contribution in [1.82, 2.24) is 4.72 Å². The topological polar surface area (TPSA) is 46.2 Å². The SMILES string of the molecule is Cc1ccc(S(=O)(=O)N[C@H]2CCCC[C@@H]2F)cc1. The number of sulfonamides is 1. The number of benzene rings is 1. The van der Waals surface area contributed by atoms with E-state index < -0.39 is 22.2 Å². The first kappa shape index (κ1) is 13.5. The van der Waals surface area contributed by atoms with Crippen LogP contribution in [0.3, 0.4) is 0 Å². The fourth-order valence-electron chi connectivity index (χ4n) is 2.20. The number of hydrogen-bond donors (Lipinski definition) is 1.